The predicted octanol–water partition coefficient (Wildman–Crippen LogP) is 4.73. The Morgan fingerprint density at radius 3 is 2.41 bits per heavy atom. The summed E-state index contributed by atoms with van der Waals surface area (Å²) < 4.78 is 11.6. The van der Waals surface area contributed by atoms with Crippen LogP contribution in [0.5, 0.6) is 5.75 Å². The van der Waals surface area contributed by atoms with Crippen LogP contribution in [0.2, 0.25) is 0 Å². The van der Waals surface area contributed by atoms with Gasteiger partial charge in [0, 0.05) is 16.5 Å². The molecule has 2 aromatic rings. The third-order valence-corrected chi connectivity index (χ3v) is 4.53. The smallest absolute Gasteiger partial charge is 0.363 e. The van der Waals surface area contributed by atoms with Crippen LogP contribution in [-0.4, -0.2) is 17.8 Å². The van der Waals surface area contributed by atoms with E-state index in [1.807, 2.05) is 50.2 Å². The van der Waals surface area contributed by atoms with Crippen LogP contribution < -0.4 is 4.74 Å². The molecule has 0 saturated carbocycles. The molecule has 1 aliphatic rings. The highest BCUT2D eigenvalue weighted by molar-refractivity contribution is 9.10. The quantitative estimate of drug-likeness (QED) is 0.402. The third kappa shape index (κ3) is 4.34. The number of nitrogens with zero attached hydrogens (tertiary/aromatic N) is 1. The number of hydrogen-bond donors (Lipinski definition) is 0. The Hall–Kier alpha value is -2.73. The van der Waals surface area contributed by atoms with Gasteiger partial charge in [0.1, 0.15) is 5.75 Å². The minimum Gasteiger partial charge on any atom is -0.426 e. The molecule has 0 radical (unpaired) electrons. The highest BCUT2D eigenvalue weighted by Gasteiger charge is 2.24. The topological polar surface area (TPSA) is 65.0 Å². The summed E-state index contributed by atoms with van der Waals surface area (Å²) in [6.45, 7) is 5.46. The lowest BCUT2D eigenvalue weighted by atomic mass is 10.0. The van der Waals surface area contributed by atoms with Crippen molar-refractivity contribution in [1.82, 2.24) is 0 Å². The molecule has 0 saturated heterocycles. The van der Waals surface area contributed by atoms with Gasteiger partial charge in [-0.2, -0.15) is 0 Å². The summed E-state index contributed by atoms with van der Waals surface area (Å²) in [5, 5.41) is 0. The number of halogens is 1. The Kier molecular flexibility index (Phi) is 5.56. The van der Waals surface area contributed by atoms with Crippen molar-refractivity contribution in [2.75, 3.05) is 0 Å². The molecule has 6 heteroatoms. The number of rotatable bonds is 4. The van der Waals surface area contributed by atoms with Crippen LogP contribution in [0.1, 0.15) is 35.6 Å². The maximum Gasteiger partial charge on any atom is 0.363 e. The molecule has 1 heterocycles. The highest BCUT2D eigenvalue weighted by Crippen LogP contribution is 2.27. The van der Waals surface area contributed by atoms with E-state index in [0.717, 1.165) is 26.7 Å². The number of benzene rings is 2. The van der Waals surface area contributed by atoms with Crippen LogP contribution in [0.3, 0.4) is 0 Å². The molecule has 0 aromatic heterocycles. The molecule has 0 spiro atoms. The predicted molar refractivity (Wildman–Crippen MR) is 107 cm³/mol. The van der Waals surface area contributed by atoms with Crippen LogP contribution in [0.15, 0.2) is 51.6 Å². The number of aryl methyl sites for hydroxylation is 2. The first-order valence-corrected chi connectivity index (χ1v) is 9.27. The van der Waals surface area contributed by atoms with Crippen molar-refractivity contribution in [1.29, 1.82) is 0 Å². The van der Waals surface area contributed by atoms with Gasteiger partial charge in [0.05, 0.1) is 0 Å². The zero-order chi connectivity index (χ0) is 19.6. The molecule has 5 nitrogen and oxygen atoms in total. The molecule has 1 aliphatic heterocycles. The fraction of sp³-hybridized carbons (Fsp3) is 0.190. The molecule has 0 amide bonds. The van der Waals surface area contributed by atoms with Gasteiger partial charge in [-0.25, -0.2) is 9.79 Å². The Bertz CT molecular complexity index is 951. The second-order valence-electron chi connectivity index (χ2n) is 6.15. The number of ether oxygens (including phenoxy) is 2. The van der Waals surface area contributed by atoms with E-state index in [1.54, 1.807) is 13.0 Å². The summed E-state index contributed by atoms with van der Waals surface area (Å²) in [7, 11) is 0. The van der Waals surface area contributed by atoms with Gasteiger partial charge in [0.2, 0.25) is 5.90 Å². The van der Waals surface area contributed by atoms with Crippen LogP contribution in [0, 0.1) is 13.8 Å². The standard InChI is InChI=1S/C21H18BrNO4/c1-4-18(24)26-19-12(2)9-14(10-13(19)3)11-17-21(25)27-20(23-17)15-5-7-16(22)8-6-15/h5-11H,4H2,1-3H3/b17-11-. The third-order valence-electron chi connectivity index (χ3n) is 4.00. The molecule has 0 unspecified atom stereocenters. The zero-order valence-corrected chi connectivity index (χ0v) is 16.8. The molecule has 2 aromatic carbocycles. The first-order chi connectivity index (χ1) is 12.9. The SMILES string of the molecule is CCC(=O)Oc1c(C)cc(/C=C2\N=C(c3ccc(Br)cc3)OC2=O)cc1C. The van der Waals surface area contributed by atoms with E-state index in [2.05, 4.69) is 20.9 Å². The number of hydrogen-bond acceptors (Lipinski definition) is 5. The van der Waals surface area contributed by atoms with Crippen molar-refractivity contribution in [3.05, 3.63) is 68.8 Å². The maximum absolute atomic E-state index is 12.2. The summed E-state index contributed by atoms with van der Waals surface area (Å²) in [5.74, 6) is 0.0536. The van der Waals surface area contributed by atoms with Crippen molar-refractivity contribution in [3.63, 3.8) is 0 Å². The van der Waals surface area contributed by atoms with E-state index in [-0.39, 0.29) is 17.6 Å². The van der Waals surface area contributed by atoms with E-state index >= 15 is 0 Å². The van der Waals surface area contributed by atoms with Gasteiger partial charge in [-0.3, -0.25) is 4.79 Å². The maximum atomic E-state index is 12.2. The molecule has 0 fully saturated rings. The minimum atomic E-state index is -0.496. The molecule has 27 heavy (non-hydrogen) atoms. The van der Waals surface area contributed by atoms with Crippen LogP contribution in [0.4, 0.5) is 0 Å². The van der Waals surface area contributed by atoms with Crippen molar-refractivity contribution in [2.45, 2.75) is 27.2 Å². The molecule has 3 rings (SSSR count). The molecule has 0 aliphatic carbocycles. The second-order valence-corrected chi connectivity index (χ2v) is 7.07. The van der Waals surface area contributed by atoms with Gasteiger partial charge in [-0.15, -0.1) is 0 Å². The Balaban J connectivity index is 1.90. The molecule has 0 N–H and O–H groups in total. The lowest BCUT2D eigenvalue weighted by molar-refractivity contribution is -0.134. The first kappa shape index (κ1) is 19.0. The average molecular weight is 428 g/mol. The molecule has 138 valence electrons. The summed E-state index contributed by atoms with van der Waals surface area (Å²) in [6.07, 6.45) is 1.98. The average Bonchev–Trinajstić information content (AvgIpc) is 2.99. The normalized spacial score (nSPS) is 14.9. The Labute approximate surface area is 165 Å². The molecular weight excluding hydrogens is 410 g/mol. The van der Waals surface area contributed by atoms with Crippen molar-refractivity contribution < 1.29 is 19.1 Å². The first-order valence-electron chi connectivity index (χ1n) is 8.48. The zero-order valence-electron chi connectivity index (χ0n) is 15.2. The summed E-state index contributed by atoms with van der Waals surface area (Å²) in [6, 6.07) is 11.1. The summed E-state index contributed by atoms with van der Waals surface area (Å²) in [4.78, 5) is 28.0. The van der Waals surface area contributed by atoms with E-state index in [9.17, 15) is 9.59 Å². The lowest BCUT2D eigenvalue weighted by Gasteiger charge is -2.11. The van der Waals surface area contributed by atoms with Gasteiger partial charge >= 0.3 is 11.9 Å². The van der Waals surface area contributed by atoms with Crippen molar-refractivity contribution in [2.24, 2.45) is 4.99 Å². The fourth-order valence-corrected chi connectivity index (χ4v) is 2.96. The number of aliphatic imine (C=N–C) groups is 1. The van der Waals surface area contributed by atoms with Gasteiger partial charge in [-0.05, 0) is 73.0 Å². The Morgan fingerprint density at radius 2 is 1.81 bits per heavy atom. The monoisotopic (exact) mass is 427 g/mol. The van der Waals surface area contributed by atoms with Crippen molar-refractivity contribution >= 4 is 39.8 Å². The van der Waals surface area contributed by atoms with Gasteiger partial charge in [0.25, 0.3) is 0 Å². The highest BCUT2D eigenvalue weighted by atomic mass is 79.9. The van der Waals surface area contributed by atoms with Crippen molar-refractivity contribution in [3.8, 4) is 5.75 Å². The number of carbonyl (C=O) groups is 2. The summed E-state index contributed by atoms with van der Waals surface area (Å²) in [5.41, 5.74) is 3.36. The number of cyclic esters (lactones) is 1. The number of esters is 2. The van der Waals surface area contributed by atoms with Crippen LogP contribution in [0.25, 0.3) is 6.08 Å². The molecule has 0 bridgehead atoms. The van der Waals surface area contributed by atoms with Crippen LogP contribution in [-0.2, 0) is 14.3 Å². The van der Waals surface area contributed by atoms with Gasteiger partial charge in [-0.1, -0.05) is 22.9 Å². The van der Waals surface area contributed by atoms with Gasteiger partial charge < -0.3 is 9.47 Å². The summed E-state index contributed by atoms with van der Waals surface area (Å²) >= 11 is 3.37. The van der Waals surface area contributed by atoms with E-state index in [4.69, 9.17) is 9.47 Å². The fourth-order valence-electron chi connectivity index (χ4n) is 2.70. The minimum absolute atomic E-state index is 0.227. The lowest BCUT2D eigenvalue weighted by Crippen LogP contribution is -2.08. The molecular formula is C21H18BrNO4. The molecule has 0 atom stereocenters. The van der Waals surface area contributed by atoms with E-state index in [0.29, 0.717) is 12.2 Å². The van der Waals surface area contributed by atoms with E-state index < -0.39 is 5.97 Å². The Morgan fingerprint density at radius 1 is 1.19 bits per heavy atom. The van der Waals surface area contributed by atoms with Gasteiger partial charge in [0.15, 0.2) is 5.70 Å². The van der Waals surface area contributed by atoms with E-state index in [1.165, 1.54) is 0 Å². The second kappa shape index (κ2) is 7.88. The van der Waals surface area contributed by atoms with Crippen LogP contribution >= 0.6 is 15.9 Å². The largest absolute Gasteiger partial charge is 0.426 e. The number of carbonyl (C=O) groups excluding carboxylic acids is 2.